The number of nitrogens with one attached hydrogen (secondary N) is 1. The molecule has 1 aromatic rings. The Morgan fingerprint density at radius 1 is 1.59 bits per heavy atom. The van der Waals surface area contributed by atoms with Crippen molar-refractivity contribution in [3.8, 4) is 0 Å². The summed E-state index contributed by atoms with van der Waals surface area (Å²) in [6.07, 6.45) is 2.06. The lowest BCUT2D eigenvalue weighted by Crippen LogP contribution is -2.29. The molecule has 0 aromatic heterocycles. The van der Waals surface area contributed by atoms with Crippen LogP contribution in [0, 0.1) is 5.92 Å². The van der Waals surface area contributed by atoms with Gasteiger partial charge in [-0.15, -0.1) is 0 Å². The Bertz CT molecular complexity index is 400. The second-order valence-corrected chi connectivity index (χ2v) is 6.10. The Labute approximate surface area is 120 Å². The van der Waals surface area contributed by atoms with Crippen LogP contribution in [-0.2, 0) is 0 Å². The van der Waals surface area contributed by atoms with Crippen LogP contribution in [0.1, 0.15) is 17.3 Å². The van der Waals surface area contributed by atoms with Gasteiger partial charge < -0.3 is 5.32 Å². The molecule has 0 fully saturated rings. The summed E-state index contributed by atoms with van der Waals surface area (Å²) in [5.74, 6) is 1.45. The van der Waals surface area contributed by atoms with Crippen molar-refractivity contribution in [2.24, 2.45) is 5.92 Å². The summed E-state index contributed by atoms with van der Waals surface area (Å²) in [7, 11) is 0. The fourth-order valence-corrected chi connectivity index (χ4v) is 2.93. The van der Waals surface area contributed by atoms with Crippen molar-refractivity contribution in [1.29, 1.82) is 0 Å². The monoisotopic (exact) mass is 335 g/mol. The predicted molar refractivity (Wildman–Crippen MR) is 79.0 cm³/mol. The Morgan fingerprint density at radius 2 is 2.29 bits per heavy atom. The predicted octanol–water partition coefficient (Wildman–Crippen LogP) is 3.83. The van der Waals surface area contributed by atoms with Crippen molar-refractivity contribution < 1.29 is 4.79 Å². The highest BCUT2D eigenvalue weighted by atomic mass is 79.9. The molecule has 1 rings (SSSR count). The van der Waals surface area contributed by atoms with Gasteiger partial charge in [0, 0.05) is 16.0 Å². The van der Waals surface area contributed by atoms with Gasteiger partial charge in [0.05, 0.1) is 5.56 Å². The van der Waals surface area contributed by atoms with Gasteiger partial charge in [-0.25, -0.2) is 0 Å². The highest BCUT2D eigenvalue weighted by Gasteiger charge is 2.11. The van der Waals surface area contributed by atoms with E-state index in [2.05, 4.69) is 34.4 Å². The summed E-state index contributed by atoms with van der Waals surface area (Å²) in [6.45, 7) is 2.81. The quantitative estimate of drug-likeness (QED) is 0.885. The Morgan fingerprint density at radius 3 is 2.88 bits per heavy atom. The number of benzene rings is 1. The minimum absolute atomic E-state index is 0.0681. The molecular weight excluding hydrogens is 322 g/mol. The van der Waals surface area contributed by atoms with Gasteiger partial charge in [0.2, 0.25) is 0 Å². The highest BCUT2D eigenvalue weighted by Crippen LogP contribution is 2.21. The average Bonchev–Trinajstić information content (AvgIpc) is 2.26. The van der Waals surface area contributed by atoms with Gasteiger partial charge in [0.15, 0.2) is 0 Å². The molecule has 0 aliphatic carbocycles. The van der Waals surface area contributed by atoms with Crippen LogP contribution in [0.25, 0.3) is 0 Å². The molecule has 1 aromatic carbocycles. The highest BCUT2D eigenvalue weighted by molar-refractivity contribution is 9.10. The van der Waals surface area contributed by atoms with Crippen LogP contribution < -0.4 is 5.32 Å². The molecule has 0 spiro atoms. The third kappa shape index (κ3) is 4.90. The molecule has 17 heavy (non-hydrogen) atoms. The molecule has 2 nitrogen and oxygen atoms in total. The third-order valence-electron chi connectivity index (χ3n) is 2.24. The summed E-state index contributed by atoms with van der Waals surface area (Å²) < 4.78 is 0.722. The third-order valence-corrected chi connectivity index (χ3v) is 4.03. The first-order chi connectivity index (χ1) is 8.04. The molecule has 1 amide bonds. The Balaban J connectivity index is 2.58. The first-order valence-electron chi connectivity index (χ1n) is 5.26. The minimum Gasteiger partial charge on any atom is -0.352 e. The van der Waals surface area contributed by atoms with Crippen molar-refractivity contribution in [2.45, 2.75) is 6.92 Å². The topological polar surface area (TPSA) is 29.1 Å². The lowest BCUT2D eigenvalue weighted by atomic mass is 10.2. The fraction of sp³-hybridized carbons (Fsp3) is 0.417. The maximum absolute atomic E-state index is 11.9. The number of amides is 1. The standard InChI is InChI=1S/C12H15BrClNOS/c1-8(7-17-2)6-15-12(16)10-4-3-9(14)5-11(10)13/h3-5,8H,6-7H2,1-2H3,(H,15,16). The molecular formula is C12H15BrClNOS. The molecule has 94 valence electrons. The van der Waals surface area contributed by atoms with Crippen LogP contribution >= 0.6 is 39.3 Å². The van der Waals surface area contributed by atoms with Gasteiger partial charge in [0.1, 0.15) is 0 Å². The van der Waals surface area contributed by atoms with Crippen LogP contribution in [0.4, 0.5) is 0 Å². The van der Waals surface area contributed by atoms with Crippen molar-refractivity contribution in [3.05, 3.63) is 33.3 Å². The van der Waals surface area contributed by atoms with Crippen LogP contribution in [0.2, 0.25) is 5.02 Å². The molecule has 1 N–H and O–H groups in total. The average molecular weight is 337 g/mol. The minimum atomic E-state index is -0.0681. The van der Waals surface area contributed by atoms with E-state index in [4.69, 9.17) is 11.6 Å². The van der Waals surface area contributed by atoms with E-state index in [0.717, 1.165) is 10.2 Å². The molecule has 1 unspecified atom stereocenters. The second-order valence-electron chi connectivity index (χ2n) is 3.89. The molecule has 0 aliphatic heterocycles. The number of rotatable bonds is 5. The van der Waals surface area contributed by atoms with Gasteiger partial charge in [-0.3, -0.25) is 4.79 Å². The lowest BCUT2D eigenvalue weighted by molar-refractivity contribution is 0.0948. The molecule has 0 heterocycles. The molecule has 0 bridgehead atoms. The second kappa shape index (κ2) is 7.29. The number of hydrogen-bond acceptors (Lipinski definition) is 2. The van der Waals surface area contributed by atoms with Crippen LogP contribution in [0.15, 0.2) is 22.7 Å². The van der Waals surface area contributed by atoms with Crippen molar-refractivity contribution >= 4 is 45.2 Å². The van der Waals surface area contributed by atoms with E-state index in [1.807, 2.05) is 0 Å². The van der Waals surface area contributed by atoms with Crippen LogP contribution in [0.3, 0.4) is 0 Å². The number of thioether (sulfide) groups is 1. The van der Waals surface area contributed by atoms with Gasteiger partial charge in [0.25, 0.3) is 5.91 Å². The smallest absolute Gasteiger partial charge is 0.252 e. The van der Waals surface area contributed by atoms with Gasteiger partial charge in [-0.05, 0) is 52.1 Å². The van der Waals surface area contributed by atoms with E-state index in [1.165, 1.54) is 0 Å². The zero-order chi connectivity index (χ0) is 12.8. The zero-order valence-corrected chi connectivity index (χ0v) is 13.0. The van der Waals surface area contributed by atoms with Crippen molar-refractivity contribution in [1.82, 2.24) is 5.32 Å². The maximum atomic E-state index is 11.9. The van der Waals surface area contributed by atoms with Gasteiger partial charge in [-0.1, -0.05) is 18.5 Å². The summed E-state index contributed by atoms with van der Waals surface area (Å²) in [5.41, 5.74) is 0.616. The molecule has 0 aliphatic rings. The van der Waals surface area contributed by atoms with Gasteiger partial charge >= 0.3 is 0 Å². The number of carbonyl (C=O) groups is 1. The number of halogens is 2. The first kappa shape index (κ1) is 14.9. The van der Waals surface area contributed by atoms with Gasteiger partial charge in [-0.2, -0.15) is 11.8 Å². The Kier molecular flexibility index (Phi) is 6.38. The molecule has 5 heteroatoms. The zero-order valence-electron chi connectivity index (χ0n) is 9.80. The van der Waals surface area contributed by atoms with E-state index in [9.17, 15) is 4.79 Å². The fourth-order valence-electron chi connectivity index (χ4n) is 1.38. The van der Waals surface area contributed by atoms with E-state index in [-0.39, 0.29) is 5.91 Å². The number of carbonyl (C=O) groups excluding carboxylic acids is 1. The lowest BCUT2D eigenvalue weighted by Gasteiger charge is -2.12. The van der Waals surface area contributed by atoms with E-state index < -0.39 is 0 Å². The summed E-state index contributed by atoms with van der Waals surface area (Å²) in [4.78, 5) is 11.9. The van der Waals surface area contributed by atoms with E-state index in [0.29, 0.717) is 23.0 Å². The molecule has 1 atom stereocenters. The van der Waals surface area contributed by atoms with Crippen molar-refractivity contribution in [3.63, 3.8) is 0 Å². The Hall–Kier alpha value is -0.190. The normalized spacial score (nSPS) is 12.2. The van der Waals surface area contributed by atoms with Crippen LogP contribution in [0.5, 0.6) is 0 Å². The summed E-state index contributed by atoms with van der Waals surface area (Å²) in [5, 5.41) is 3.53. The SMILES string of the molecule is CSCC(C)CNC(=O)c1ccc(Cl)cc1Br. The first-order valence-corrected chi connectivity index (χ1v) is 7.83. The van der Waals surface area contributed by atoms with Crippen molar-refractivity contribution in [2.75, 3.05) is 18.6 Å². The van der Waals surface area contributed by atoms with Crippen LogP contribution in [-0.4, -0.2) is 24.5 Å². The largest absolute Gasteiger partial charge is 0.352 e. The molecule has 0 saturated heterocycles. The van der Waals surface area contributed by atoms with E-state index >= 15 is 0 Å². The molecule has 0 radical (unpaired) electrons. The maximum Gasteiger partial charge on any atom is 0.252 e. The molecule has 0 saturated carbocycles. The van der Waals surface area contributed by atoms with E-state index in [1.54, 1.807) is 30.0 Å². The summed E-state index contributed by atoms with van der Waals surface area (Å²) in [6, 6.07) is 5.16. The summed E-state index contributed by atoms with van der Waals surface area (Å²) >= 11 is 10.9. The number of hydrogen-bond donors (Lipinski definition) is 1.